The third kappa shape index (κ3) is 5.13. The lowest BCUT2D eigenvalue weighted by Crippen LogP contribution is -2.27. The quantitative estimate of drug-likeness (QED) is 0.789. The molecule has 1 amide bonds. The van der Waals surface area contributed by atoms with Gasteiger partial charge in [0.15, 0.2) is 0 Å². The molecule has 2 aromatic carbocycles. The second-order valence-corrected chi connectivity index (χ2v) is 5.21. The van der Waals surface area contributed by atoms with Gasteiger partial charge in [0.1, 0.15) is 6.67 Å². The van der Waals surface area contributed by atoms with Crippen molar-refractivity contribution < 1.29 is 13.9 Å². The number of alkyl halides is 1. The maximum Gasteiger partial charge on any atom is 0.251 e. The van der Waals surface area contributed by atoms with Crippen molar-refractivity contribution in [2.45, 2.75) is 13.3 Å². The summed E-state index contributed by atoms with van der Waals surface area (Å²) in [4.78, 5) is 11.9. The third-order valence-electron chi connectivity index (χ3n) is 3.03. The highest BCUT2D eigenvalue weighted by atomic mass is 35.5. The van der Waals surface area contributed by atoms with Crippen LogP contribution in [0.2, 0.25) is 5.02 Å². The fourth-order valence-electron chi connectivity index (χ4n) is 1.95. The van der Waals surface area contributed by atoms with Gasteiger partial charge in [0, 0.05) is 17.1 Å². The van der Waals surface area contributed by atoms with Crippen molar-refractivity contribution in [1.82, 2.24) is 5.32 Å². The van der Waals surface area contributed by atoms with Gasteiger partial charge in [0.2, 0.25) is 0 Å². The molecule has 2 aromatic rings. The van der Waals surface area contributed by atoms with E-state index in [0.29, 0.717) is 35.9 Å². The SMILES string of the molecule is O=C(NCCOCc1cccc(Cl)c1)c1cccc(CF)c1. The maximum absolute atomic E-state index is 12.5. The molecule has 116 valence electrons. The van der Waals surface area contributed by atoms with E-state index in [0.717, 1.165) is 5.56 Å². The molecule has 0 unspecified atom stereocenters. The smallest absolute Gasteiger partial charge is 0.251 e. The summed E-state index contributed by atoms with van der Waals surface area (Å²) in [6.45, 7) is 0.637. The first-order chi connectivity index (χ1) is 10.7. The summed E-state index contributed by atoms with van der Waals surface area (Å²) in [5.74, 6) is -0.235. The van der Waals surface area contributed by atoms with Gasteiger partial charge < -0.3 is 10.1 Å². The Labute approximate surface area is 134 Å². The molecule has 1 N–H and O–H groups in total. The van der Waals surface area contributed by atoms with Crippen LogP contribution in [0.1, 0.15) is 21.5 Å². The number of ether oxygens (including phenoxy) is 1. The van der Waals surface area contributed by atoms with Gasteiger partial charge in [-0.2, -0.15) is 0 Å². The summed E-state index contributed by atoms with van der Waals surface area (Å²) >= 11 is 5.88. The second-order valence-electron chi connectivity index (χ2n) is 4.77. The zero-order chi connectivity index (χ0) is 15.8. The summed E-state index contributed by atoms with van der Waals surface area (Å²) in [6, 6.07) is 13.9. The van der Waals surface area contributed by atoms with E-state index in [-0.39, 0.29) is 5.91 Å². The van der Waals surface area contributed by atoms with Crippen LogP contribution in [0.15, 0.2) is 48.5 Å². The van der Waals surface area contributed by atoms with Crippen LogP contribution in [0.25, 0.3) is 0 Å². The normalized spacial score (nSPS) is 10.5. The van der Waals surface area contributed by atoms with E-state index < -0.39 is 6.67 Å². The van der Waals surface area contributed by atoms with Crippen LogP contribution >= 0.6 is 11.6 Å². The molecular formula is C17H17ClFNO2. The Kier molecular flexibility index (Phi) is 6.37. The van der Waals surface area contributed by atoms with Crippen molar-refractivity contribution in [3.8, 4) is 0 Å². The van der Waals surface area contributed by atoms with Gasteiger partial charge in [-0.05, 0) is 35.4 Å². The molecule has 0 fully saturated rings. The molecule has 0 saturated heterocycles. The van der Waals surface area contributed by atoms with Crippen LogP contribution in [0.3, 0.4) is 0 Å². The minimum Gasteiger partial charge on any atom is -0.375 e. The van der Waals surface area contributed by atoms with Crippen LogP contribution < -0.4 is 5.32 Å². The van der Waals surface area contributed by atoms with Gasteiger partial charge >= 0.3 is 0 Å². The molecule has 0 aliphatic rings. The van der Waals surface area contributed by atoms with Crippen molar-refractivity contribution in [3.63, 3.8) is 0 Å². The lowest BCUT2D eigenvalue weighted by molar-refractivity contribution is 0.0901. The molecule has 0 aromatic heterocycles. The topological polar surface area (TPSA) is 38.3 Å². The highest BCUT2D eigenvalue weighted by molar-refractivity contribution is 6.30. The Morgan fingerprint density at radius 3 is 2.68 bits per heavy atom. The largest absolute Gasteiger partial charge is 0.375 e. The van der Waals surface area contributed by atoms with Gasteiger partial charge in [0.25, 0.3) is 5.91 Å². The number of rotatable bonds is 7. The summed E-state index contributed by atoms with van der Waals surface area (Å²) in [5, 5.41) is 3.40. The molecule has 0 aliphatic carbocycles. The number of nitrogens with one attached hydrogen (secondary N) is 1. The van der Waals surface area contributed by atoms with Crippen LogP contribution in [0.4, 0.5) is 4.39 Å². The molecule has 0 aliphatic heterocycles. The number of halogens is 2. The summed E-state index contributed by atoms with van der Waals surface area (Å²) in [6.07, 6.45) is 0. The van der Waals surface area contributed by atoms with Gasteiger partial charge in [-0.15, -0.1) is 0 Å². The van der Waals surface area contributed by atoms with E-state index >= 15 is 0 Å². The molecule has 0 spiro atoms. The summed E-state index contributed by atoms with van der Waals surface area (Å²) in [5.41, 5.74) is 1.92. The van der Waals surface area contributed by atoms with Crippen LogP contribution in [0, 0.1) is 0 Å². The van der Waals surface area contributed by atoms with E-state index in [4.69, 9.17) is 16.3 Å². The lowest BCUT2D eigenvalue weighted by atomic mass is 10.1. The standard InChI is InChI=1S/C17H17ClFNO2/c18-16-6-2-4-14(10-16)12-22-8-7-20-17(21)15-5-1-3-13(9-15)11-19/h1-6,9-10H,7-8,11-12H2,(H,20,21). The van der Waals surface area contributed by atoms with Gasteiger partial charge in [-0.1, -0.05) is 35.9 Å². The fourth-order valence-corrected chi connectivity index (χ4v) is 2.16. The first-order valence-electron chi connectivity index (χ1n) is 6.94. The van der Waals surface area contributed by atoms with Crippen molar-refractivity contribution in [3.05, 3.63) is 70.2 Å². The Bertz CT molecular complexity index is 634. The molecule has 0 bridgehead atoms. The first-order valence-corrected chi connectivity index (χ1v) is 7.32. The molecule has 0 radical (unpaired) electrons. The average molecular weight is 322 g/mol. The summed E-state index contributed by atoms with van der Waals surface area (Å²) < 4.78 is 18.0. The van der Waals surface area contributed by atoms with Gasteiger partial charge in [-0.25, -0.2) is 4.39 Å². The Hall–Kier alpha value is -1.91. The Morgan fingerprint density at radius 2 is 1.91 bits per heavy atom. The monoisotopic (exact) mass is 321 g/mol. The average Bonchev–Trinajstić information content (AvgIpc) is 2.54. The minimum absolute atomic E-state index is 0.235. The van der Waals surface area contributed by atoms with Crippen molar-refractivity contribution in [2.75, 3.05) is 13.2 Å². The molecule has 0 saturated carbocycles. The van der Waals surface area contributed by atoms with E-state index in [1.165, 1.54) is 0 Å². The number of hydrogen-bond acceptors (Lipinski definition) is 2. The van der Waals surface area contributed by atoms with Crippen LogP contribution in [-0.4, -0.2) is 19.1 Å². The van der Waals surface area contributed by atoms with Gasteiger partial charge in [0.05, 0.1) is 13.2 Å². The zero-order valence-corrected chi connectivity index (χ0v) is 12.8. The predicted octanol–water partition coefficient (Wildman–Crippen LogP) is 3.76. The third-order valence-corrected chi connectivity index (χ3v) is 3.27. The maximum atomic E-state index is 12.5. The van der Waals surface area contributed by atoms with Gasteiger partial charge in [-0.3, -0.25) is 4.79 Å². The fraction of sp³-hybridized carbons (Fsp3) is 0.235. The van der Waals surface area contributed by atoms with E-state index in [1.54, 1.807) is 30.3 Å². The van der Waals surface area contributed by atoms with Crippen molar-refractivity contribution in [1.29, 1.82) is 0 Å². The van der Waals surface area contributed by atoms with E-state index in [2.05, 4.69) is 5.32 Å². The highest BCUT2D eigenvalue weighted by Gasteiger charge is 2.05. The Balaban J connectivity index is 1.71. The number of amides is 1. The van der Waals surface area contributed by atoms with Crippen molar-refractivity contribution in [2.24, 2.45) is 0 Å². The predicted molar refractivity (Wildman–Crippen MR) is 84.7 cm³/mol. The molecule has 0 heterocycles. The van der Waals surface area contributed by atoms with E-state index in [9.17, 15) is 9.18 Å². The number of carbonyl (C=O) groups excluding carboxylic acids is 1. The highest BCUT2D eigenvalue weighted by Crippen LogP contribution is 2.11. The van der Waals surface area contributed by atoms with Crippen LogP contribution in [-0.2, 0) is 18.0 Å². The second kappa shape index (κ2) is 8.51. The first kappa shape index (κ1) is 16.5. The van der Waals surface area contributed by atoms with Crippen molar-refractivity contribution >= 4 is 17.5 Å². The van der Waals surface area contributed by atoms with E-state index in [1.807, 2.05) is 18.2 Å². The Morgan fingerprint density at radius 1 is 1.14 bits per heavy atom. The minimum atomic E-state index is -0.579. The lowest BCUT2D eigenvalue weighted by Gasteiger charge is -2.07. The number of benzene rings is 2. The number of hydrogen-bond donors (Lipinski definition) is 1. The molecule has 0 atom stereocenters. The molecular weight excluding hydrogens is 305 g/mol. The number of carbonyl (C=O) groups is 1. The van der Waals surface area contributed by atoms with Crippen LogP contribution in [0.5, 0.6) is 0 Å². The summed E-state index contributed by atoms with van der Waals surface area (Å²) in [7, 11) is 0. The molecule has 3 nitrogen and oxygen atoms in total. The molecule has 5 heteroatoms. The molecule has 2 rings (SSSR count). The molecule has 22 heavy (non-hydrogen) atoms. The zero-order valence-electron chi connectivity index (χ0n) is 12.0.